The summed E-state index contributed by atoms with van der Waals surface area (Å²) in [5, 5.41) is 3.48. The lowest BCUT2D eigenvalue weighted by Crippen LogP contribution is -2.49. The fourth-order valence-electron chi connectivity index (χ4n) is 4.43. The number of thioether (sulfide) groups is 1. The van der Waals surface area contributed by atoms with Gasteiger partial charge in [-0.1, -0.05) is 23.4 Å². The zero-order chi connectivity index (χ0) is 21.8. The zero-order valence-electron chi connectivity index (χ0n) is 16.8. The van der Waals surface area contributed by atoms with Gasteiger partial charge in [-0.2, -0.15) is 0 Å². The Balaban J connectivity index is 1.46. The lowest BCUT2D eigenvalue weighted by Gasteiger charge is -2.30. The Morgan fingerprint density at radius 3 is 2.71 bits per heavy atom. The van der Waals surface area contributed by atoms with Crippen LogP contribution in [0.1, 0.15) is 25.7 Å². The standard InChI is InChI=1S/C22H20ClN3O4S/c1-30-17-6-5-14(12-15(17)25-10-2-3-19(25)27)24-21(29)22-9-8-20(28)26(22)16-11-13(23)4-7-18(16)31-22/h4-7,11-12H,2-3,8-10H2,1H3,(H,24,29). The van der Waals surface area contributed by atoms with Gasteiger partial charge < -0.3 is 15.0 Å². The van der Waals surface area contributed by atoms with Crippen LogP contribution in [0.4, 0.5) is 17.1 Å². The molecule has 1 N–H and O–H groups in total. The fraction of sp³-hybridized carbons (Fsp3) is 0.318. The number of fused-ring (bicyclic) bond motifs is 3. The number of carbonyl (C=O) groups excluding carboxylic acids is 3. The van der Waals surface area contributed by atoms with Crippen molar-refractivity contribution in [1.29, 1.82) is 0 Å². The van der Waals surface area contributed by atoms with E-state index < -0.39 is 4.87 Å². The Kier molecular flexibility index (Phi) is 4.86. The van der Waals surface area contributed by atoms with Crippen LogP contribution in [0.5, 0.6) is 5.75 Å². The smallest absolute Gasteiger partial charge is 0.261 e. The molecule has 0 bridgehead atoms. The molecule has 0 aromatic heterocycles. The number of carbonyl (C=O) groups is 3. The van der Waals surface area contributed by atoms with Gasteiger partial charge in [0.1, 0.15) is 5.75 Å². The van der Waals surface area contributed by atoms with Crippen molar-refractivity contribution in [2.45, 2.75) is 35.4 Å². The molecule has 3 amide bonds. The highest BCUT2D eigenvalue weighted by Crippen LogP contribution is 2.56. The van der Waals surface area contributed by atoms with Gasteiger partial charge in [0.2, 0.25) is 11.8 Å². The molecule has 2 aromatic rings. The van der Waals surface area contributed by atoms with Crippen molar-refractivity contribution in [2.75, 3.05) is 28.8 Å². The molecule has 5 rings (SSSR count). The Hall–Kier alpha value is -2.71. The second kappa shape index (κ2) is 7.46. The maximum atomic E-state index is 13.5. The Bertz CT molecular complexity index is 1120. The molecule has 2 aromatic carbocycles. The summed E-state index contributed by atoms with van der Waals surface area (Å²) >= 11 is 7.52. The Morgan fingerprint density at radius 1 is 1.13 bits per heavy atom. The third kappa shape index (κ3) is 3.16. The highest BCUT2D eigenvalue weighted by molar-refractivity contribution is 8.02. The second-order valence-electron chi connectivity index (χ2n) is 7.72. The first-order chi connectivity index (χ1) is 14.9. The van der Waals surface area contributed by atoms with E-state index in [0.29, 0.717) is 53.6 Å². The molecule has 3 aliphatic heterocycles. The van der Waals surface area contributed by atoms with Crippen LogP contribution in [0, 0.1) is 0 Å². The first kappa shape index (κ1) is 20.2. The number of ether oxygens (including phenoxy) is 1. The summed E-state index contributed by atoms with van der Waals surface area (Å²) in [4.78, 5) is 41.5. The number of rotatable bonds is 4. The highest BCUT2D eigenvalue weighted by Gasteiger charge is 2.57. The van der Waals surface area contributed by atoms with Crippen LogP contribution in [0.2, 0.25) is 5.02 Å². The van der Waals surface area contributed by atoms with Crippen molar-refractivity contribution in [3.8, 4) is 5.75 Å². The van der Waals surface area contributed by atoms with E-state index in [1.807, 2.05) is 6.07 Å². The van der Waals surface area contributed by atoms with Crippen molar-refractivity contribution in [2.24, 2.45) is 0 Å². The molecule has 2 saturated heterocycles. The monoisotopic (exact) mass is 457 g/mol. The van der Waals surface area contributed by atoms with E-state index >= 15 is 0 Å². The molecule has 3 aliphatic rings. The molecule has 1 unspecified atom stereocenters. The van der Waals surface area contributed by atoms with E-state index in [1.54, 1.807) is 47.2 Å². The number of halogens is 1. The van der Waals surface area contributed by atoms with Gasteiger partial charge in [0.15, 0.2) is 4.87 Å². The summed E-state index contributed by atoms with van der Waals surface area (Å²) in [6.07, 6.45) is 1.98. The molecule has 3 heterocycles. The topological polar surface area (TPSA) is 79.0 Å². The van der Waals surface area contributed by atoms with E-state index in [0.717, 1.165) is 11.3 Å². The predicted molar refractivity (Wildman–Crippen MR) is 120 cm³/mol. The fourth-order valence-corrected chi connectivity index (χ4v) is 5.99. The molecule has 9 heteroatoms. The molecular weight excluding hydrogens is 438 g/mol. The second-order valence-corrected chi connectivity index (χ2v) is 9.47. The number of amides is 3. The van der Waals surface area contributed by atoms with Crippen LogP contribution in [0.3, 0.4) is 0 Å². The quantitative estimate of drug-likeness (QED) is 0.749. The zero-order valence-corrected chi connectivity index (χ0v) is 18.4. The molecule has 0 radical (unpaired) electrons. The molecule has 1 atom stereocenters. The molecular formula is C22H20ClN3O4S. The van der Waals surface area contributed by atoms with Gasteiger partial charge in [-0.3, -0.25) is 19.3 Å². The lowest BCUT2D eigenvalue weighted by atomic mass is 10.1. The van der Waals surface area contributed by atoms with Crippen LogP contribution in [-0.4, -0.2) is 36.2 Å². The van der Waals surface area contributed by atoms with Crippen molar-refractivity contribution in [3.63, 3.8) is 0 Å². The number of nitrogens with zero attached hydrogens (tertiary/aromatic N) is 2. The van der Waals surface area contributed by atoms with Gasteiger partial charge in [-0.05, 0) is 49.2 Å². The van der Waals surface area contributed by atoms with Crippen molar-refractivity contribution in [1.82, 2.24) is 0 Å². The van der Waals surface area contributed by atoms with E-state index in [-0.39, 0.29) is 17.7 Å². The van der Waals surface area contributed by atoms with Crippen LogP contribution >= 0.6 is 23.4 Å². The summed E-state index contributed by atoms with van der Waals surface area (Å²) in [5.74, 6) is 0.231. The molecule has 0 saturated carbocycles. The van der Waals surface area contributed by atoms with Crippen molar-refractivity contribution < 1.29 is 19.1 Å². The average molecular weight is 458 g/mol. The van der Waals surface area contributed by atoms with E-state index in [9.17, 15) is 14.4 Å². The largest absolute Gasteiger partial charge is 0.495 e. The summed E-state index contributed by atoms with van der Waals surface area (Å²) in [5.41, 5.74) is 1.85. The minimum absolute atomic E-state index is 0.0339. The summed E-state index contributed by atoms with van der Waals surface area (Å²) in [6.45, 7) is 0.616. The lowest BCUT2D eigenvalue weighted by molar-refractivity contribution is -0.121. The minimum Gasteiger partial charge on any atom is -0.495 e. The maximum absolute atomic E-state index is 13.5. The third-order valence-electron chi connectivity index (χ3n) is 5.88. The van der Waals surface area contributed by atoms with E-state index in [2.05, 4.69) is 5.32 Å². The average Bonchev–Trinajstić information content (AvgIpc) is 3.42. The normalized spacial score (nSPS) is 22.0. The Labute approximate surface area is 188 Å². The van der Waals surface area contributed by atoms with Crippen LogP contribution < -0.4 is 19.9 Å². The van der Waals surface area contributed by atoms with Crippen molar-refractivity contribution in [3.05, 3.63) is 41.4 Å². The summed E-state index contributed by atoms with van der Waals surface area (Å²) < 4.78 is 5.43. The first-order valence-corrected chi connectivity index (χ1v) is 11.2. The molecule has 2 fully saturated rings. The molecule has 0 spiro atoms. The maximum Gasteiger partial charge on any atom is 0.261 e. The van der Waals surface area contributed by atoms with E-state index in [1.165, 1.54) is 11.8 Å². The molecule has 7 nitrogen and oxygen atoms in total. The highest BCUT2D eigenvalue weighted by atomic mass is 35.5. The van der Waals surface area contributed by atoms with Crippen LogP contribution in [0.15, 0.2) is 41.3 Å². The molecule has 0 aliphatic carbocycles. The van der Waals surface area contributed by atoms with Gasteiger partial charge in [-0.15, -0.1) is 0 Å². The van der Waals surface area contributed by atoms with Crippen LogP contribution in [0.25, 0.3) is 0 Å². The van der Waals surface area contributed by atoms with Gasteiger partial charge in [0.25, 0.3) is 5.91 Å². The number of anilines is 3. The molecule has 160 valence electrons. The van der Waals surface area contributed by atoms with Crippen LogP contribution in [-0.2, 0) is 14.4 Å². The Morgan fingerprint density at radius 2 is 1.97 bits per heavy atom. The van der Waals surface area contributed by atoms with Gasteiger partial charge in [0, 0.05) is 35.0 Å². The third-order valence-corrected chi connectivity index (χ3v) is 7.59. The minimum atomic E-state index is -1.05. The first-order valence-electron chi connectivity index (χ1n) is 10.0. The number of methoxy groups -OCH3 is 1. The number of benzene rings is 2. The van der Waals surface area contributed by atoms with E-state index in [4.69, 9.17) is 16.3 Å². The summed E-state index contributed by atoms with van der Waals surface area (Å²) in [6, 6.07) is 10.6. The number of hydrogen-bond donors (Lipinski definition) is 1. The van der Waals surface area contributed by atoms with Gasteiger partial charge in [0.05, 0.1) is 18.5 Å². The van der Waals surface area contributed by atoms with Gasteiger partial charge >= 0.3 is 0 Å². The number of hydrogen-bond acceptors (Lipinski definition) is 5. The predicted octanol–water partition coefficient (Wildman–Crippen LogP) is 4.04. The molecule has 31 heavy (non-hydrogen) atoms. The van der Waals surface area contributed by atoms with Crippen molar-refractivity contribution >= 4 is 58.1 Å². The number of nitrogens with one attached hydrogen (secondary N) is 1. The SMILES string of the molecule is COc1ccc(NC(=O)C23CCC(=O)N2c2cc(Cl)ccc2S3)cc1N1CCCC1=O. The van der Waals surface area contributed by atoms with Gasteiger partial charge in [-0.25, -0.2) is 0 Å². The summed E-state index contributed by atoms with van der Waals surface area (Å²) in [7, 11) is 1.55.